The molecule has 4 rings (SSSR count). The van der Waals surface area contributed by atoms with Gasteiger partial charge in [0.25, 0.3) is 0 Å². The van der Waals surface area contributed by atoms with Gasteiger partial charge in [-0.2, -0.15) is 0 Å². The maximum absolute atomic E-state index is 5.47. The first-order valence-electron chi connectivity index (χ1n) is 13.8. The van der Waals surface area contributed by atoms with E-state index in [2.05, 4.69) is 111 Å². The zero-order chi connectivity index (χ0) is 30.1. The zero-order valence-electron chi connectivity index (χ0n) is 24.4. The van der Waals surface area contributed by atoms with Crippen LogP contribution in [0, 0.1) is 0 Å². The zero-order valence-corrected chi connectivity index (χ0v) is 26.0. The van der Waals surface area contributed by atoms with Gasteiger partial charge in [0, 0.05) is 12.0 Å². The van der Waals surface area contributed by atoms with Crippen molar-refractivity contribution in [2.75, 3.05) is 13.3 Å². The van der Waals surface area contributed by atoms with Crippen LogP contribution in [0.25, 0.3) is 57.7 Å². The quantitative estimate of drug-likeness (QED) is 0.153. The molecular weight excluding hydrogens is 549 g/mol. The minimum absolute atomic E-state index is 0.263. The van der Waals surface area contributed by atoms with Crippen LogP contribution in [0.3, 0.4) is 0 Å². The molecule has 0 aliphatic rings. The van der Waals surface area contributed by atoms with Crippen molar-refractivity contribution in [1.82, 2.24) is 5.32 Å². The third-order valence-electron chi connectivity index (χ3n) is 7.39. The second kappa shape index (κ2) is 14.8. The van der Waals surface area contributed by atoms with Crippen LogP contribution >= 0.6 is 23.5 Å². The highest BCUT2D eigenvalue weighted by atomic mass is 32.2. The highest BCUT2D eigenvalue weighted by molar-refractivity contribution is 8.01. The Kier molecular flexibility index (Phi) is 10.9. The Labute approximate surface area is 259 Å². The third kappa shape index (κ3) is 6.42. The summed E-state index contributed by atoms with van der Waals surface area (Å²) in [5, 5.41) is 5.52. The van der Waals surface area contributed by atoms with E-state index in [9.17, 15) is 0 Å². The van der Waals surface area contributed by atoms with Crippen molar-refractivity contribution in [3.05, 3.63) is 144 Å². The molecule has 0 aliphatic carbocycles. The first kappa shape index (κ1) is 31.0. The van der Waals surface area contributed by atoms with E-state index in [0.717, 1.165) is 61.4 Å². The van der Waals surface area contributed by atoms with Gasteiger partial charge in [-0.3, -0.25) is 0 Å². The first-order chi connectivity index (χ1) is 20.5. The van der Waals surface area contributed by atoms with Gasteiger partial charge in [-0.1, -0.05) is 123 Å². The number of rotatable bonds is 13. The molecule has 0 heterocycles. The summed E-state index contributed by atoms with van der Waals surface area (Å²) < 4.78 is 0. The van der Waals surface area contributed by atoms with Gasteiger partial charge >= 0.3 is 0 Å². The lowest BCUT2D eigenvalue weighted by Crippen LogP contribution is -2.11. The maximum atomic E-state index is 5.47. The number of benzene rings is 4. The number of hydrogen-bond donors (Lipinski definition) is 2. The largest absolute Gasteiger partial charge is 0.404 e. The summed E-state index contributed by atoms with van der Waals surface area (Å²) in [4.78, 5) is 0. The highest BCUT2D eigenvalue weighted by Crippen LogP contribution is 2.40. The molecule has 3 N–H and O–H groups in total. The van der Waals surface area contributed by atoms with Crippen molar-refractivity contribution in [3.8, 4) is 33.4 Å². The number of nitrogens with one attached hydrogen (secondary N) is 1. The van der Waals surface area contributed by atoms with E-state index < -0.39 is 0 Å². The van der Waals surface area contributed by atoms with Gasteiger partial charge in [-0.15, -0.1) is 23.5 Å². The lowest BCUT2D eigenvalue weighted by molar-refractivity contribution is 0.797. The van der Waals surface area contributed by atoms with Gasteiger partial charge in [-0.25, -0.2) is 0 Å². The Hall–Kier alpha value is -3.96. The molecule has 0 radical (unpaired) electrons. The Bertz CT molecular complexity index is 1610. The van der Waals surface area contributed by atoms with E-state index >= 15 is 0 Å². The minimum Gasteiger partial charge on any atom is -0.404 e. The number of hydrogen-bond acceptors (Lipinski definition) is 4. The summed E-state index contributed by atoms with van der Waals surface area (Å²) in [7, 11) is 1.99. The van der Waals surface area contributed by atoms with E-state index in [1.807, 2.05) is 36.8 Å². The molecule has 0 amide bonds. The average Bonchev–Trinajstić information content (AvgIpc) is 3.04. The van der Waals surface area contributed by atoms with Crippen LogP contribution in [0.5, 0.6) is 0 Å². The van der Waals surface area contributed by atoms with E-state index in [-0.39, 0.29) is 5.37 Å². The van der Waals surface area contributed by atoms with E-state index in [4.69, 9.17) is 5.73 Å². The lowest BCUT2D eigenvalue weighted by Gasteiger charge is -2.20. The molecule has 0 fully saturated rings. The Morgan fingerprint density at radius 1 is 0.667 bits per heavy atom. The Balaban J connectivity index is 1.79. The summed E-state index contributed by atoms with van der Waals surface area (Å²) >= 11 is 3.46. The third-order valence-corrected chi connectivity index (χ3v) is 9.22. The van der Waals surface area contributed by atoms with Gasteiger partial charge in [0.15, 0.2) is 0 Å². The Morgan fingerprint density at radius 3 is 1.50 bits per heavy atom. The molecule has 4 heteroatoms. The van der Waals surface area contributed by atoms with E-state index in [1.54, 1.807) is 29.7 Å². The average molecular weight is 587 g/mol. The summed E-state index contributed by atoms with van der Waals surface area (Å²) in [6, 6.07) is 26.1. The SMILES string of the molecule is C=Cc1c(-c2ccc(CS/C=C\N)cc2)ccc(-c2ccc(-c3ccc(C(NC)SC)cc3)c(C=C)c2C=C)c1C=C. The number of nitrogens with two attached hydrogens (primary N) is 1. The van der Waals surface area contributed by atoms with Crippen LogP contribution in [0.4, 0.5) is 0 Å². The lowest BCUT2D eigenvalue weighted by atomic mass is 9.84. The minimum atomic E-state index is 0.263. The molecule has 4 aromatic carbocycles. The summed E-state index contributed by atoms with van der Waals surface area (Å²) in [6.07, 6.45) is 11.4. The molecule has 1 unspecified atom stereocenters. The fourth-order valence-electron chi connectivity index (χ4n) is 5.36. The standard InChI is InChI=1S/C38H38N2S2/c1-7-30-32(9-3)36(21-19-34(30)27-13-11-26(12-14-27)25-42-24-23-39)37-22-20-35(31(8-2)33(37)10-4)28-15-17-29(18-16-28)38(40-5)41-6/h7-24,38,40H,1-4,25,39H2,5-6H3/b24-23-. The predicted molar refractivity (Wildman–Crippen MR) is 193 cm³/mol. The second-order valence-electron chi connectivity index (χ2n) is 9.66. The second-order valence-corrected chi connectivity index (χ2v) is 11.5. The van der Waals surface area contributed by atoms with Crippen molar-refractivity contribution < 1.29 is 0 Å². The van der Waals surface area contributed by atoms with Crippen molar-refractivity contribution in [2.24, 2.45) is 5.73 Å². The molecule has 0 saturated carbocycles. The van der Waals surface area contributed by atoms with Crippen LogP contribution in [-0.2, 0) is 5.75 Å². The molecule has 4 aromatic rings. The van der Waals surface area contributed by atoms with Crippen molar-refractivity contribution in [2.45, 2.75) is 11.1 Å². The molecule has 0 bridgehead atoms. The van der Waals surface area contributed by atoms with Crippen LogP contribution < -0.4 is 11.1 Å². The smallest absolute Gasteiger partial charge is 0.0784 e. The highest BCUT2D eigenvalue weighted by Gasteiger charge is 2.17. The van der Waals surface area contributed by atoms with E-state index in [1.165, 1.54) is 11.1 Å². The molecule has 212 valence electrons. The van der Waals surface area contributed by atoms with Crippen molar-refractivity contribution in [1.29, 1.82) is 0 Å². The molecule has 0 spiro atoms. The normalized spacial score (nSPS) is 11.8. The van der Waals surface area contributed by atoms with Crippen molar-refractivity contribution >= 4 is 47.8 Å². The van der Waals surface area contributed by atoms with Gasteiger partial charge in [-0.05, 0) is 85.5 Å². The van der Waals surface area contributed by atoms with Gasteiger partial charge in [0.2, 0.25) is 0 Å². The van der Waals surface area contributed by atoms with Crippen LogP contribution in [0.2, 0.25) is 0 Å². The molecule has 42 heavy (non-hydrogen) atoms. The monoisotopic (exact) mass is 586 g/mol. The van der Waals surface area contributed by atoms with Crippen LogP contribution in [0.1, 0.15) is 38.8 Å². The summed E-state index contributed by atoms with van der Waals surface area (Å²) in [6.45, 7) is 16.8. The number of thioether (sulfide) groups is 2. The maximum Gasteiger partial charge on any atom is 0.0784 e. The van der Waals surface area contributed by atoms with Gasteiger partial charge in [0.1, 0.15) is 0 Å². The van der Waals surface area contributed by atoms with Crippen LogP contribution in [0.15, 0.2) is 111 Å². The Morgan fingerprint density at radius 2 is 1.10 bits per heavy atom. The van der Waals surface area contributed by atoms with Crippen molar-refractivity contribution in [3.63, 3.8) is 0 Å². The van der Waals surface area contributed by atoms with E-state index in [0.29, 0.717) is 0 Å². The molecule has 2 nitrogen and oxygen atoms in total. The fraction of sp³-hybridized carbons (Fsp3) is 0.105. The van der Waals surface area contributed by atoms with Crippen LogP contribution in [-0.4, -0.2) is 13.3 Å². The molecule has 1 atom stereocenters. The molecule has 0 aliphatic heterocycles. The molecular formula is C38H38N2S2. The summed E-state index contributed by atoms with van der Waals surface area (Å²) in [5.41, 5.74) is 18.9. The molecule has 0 aromatic heterocycles. The topological polar surface area (TPSA) is 38.0 Å². The predicted octanol–water partition coefficient (Wildman–Crippen LogP) is 10.5. The van der Waals surface area contributed by atoms with Gasteiger partial charge in [0.05, 0.1) is 5.37 Å². The fourth-order valence-corrected chi connectivity index (χ4v) is 6.62. The summed E-state index contributed by atoms with van der Waals surface area (Å²) in [5.74, 6) is 0.878. The molecule has 0 saturated heterocycles. The first-order valence-corrected chi connectivity index (χ1v) is 16.1. The van der Waals surface area contributed by atoms with Gasteiger partial charge < -0.3 is 11.1 Å².